The van der Waals surface area contributed by atoms with Gasteiger partial charge >= 0.3 is 12.2 Å². The lowest BCUT2D eigenvalue weighted by molar-refractivity contribution is -0.136. The number of aromatic nitrogens is 2. The fourth-order valence-electron chi connectivity index (χ4n) is 8.23. The molecule has 3 aromatic carbocycles. The largest absolute Gasteiger partial charge is 0.453 e. The fourth-order valence-corrected chi connectivity index (χ4v) is 8.23. The van der Waals surface area contributed by atoms with Crippen molar-refractivity contribution in [3.8, 4) is 11.3 Å². The zero-order valence-electron chi connectivity index (χ0n) is 33.4. The van der Waals surface area contributed by atoms with Gasteiger partial charge in [-0.05, 0) is 68.8 Å². The van der Waals surface area contributed by atoms with E-state index < -0.39 is 54.6 Å². The number of benzene rings is 3. The molecule has 0 radical (unpaired) electrons. The van der Waals surface area contributed by atoms with E-state index >= 15 is 0 Å². The number of nitrogens with one attached hydrogen (secondary N) is 3. The van der Waals surface area contributed by atoms with Crippen molar-refractivity contribution in [3.63, 3.8) is 0 Å². The molecule has 4 heterocycles. The van der Waals surface area contributed by atoms with Crippen molar-refractivity contribution in [2.45, 2.75) is 83.5 Å². The minimum atomic E-state index is -1.24. The maximum atomic E-state index is 14.9. The summed E-state index contributed by atoms with van der Waals surface area (Å²) in [6.07, 6.45) is 0.298. The number of ether oxygens (including phenoxy) is 2. The predicted molar refractivity (Wildman–Crippen MR) is 216 cm³/mol. The van der Waals surface area contributed by atoms with Crippen LogP contribution in [0.1, 0.15) is 64.4 Å². The molecule has 3 aliphatic rings. The van der Waals surface area contributed by atoms with Gasteiger partial charge in [-0.15, -0.1) is 0 Å². The van der Waals surface area contributed by atoms with E-state index in [0.29, 0.717) is 18.0 Å². The topological polar surface area (TPSA) is 158 Å². The lowest BCUT2D eigenvalue weighted by Gasteiger charge is -2.30. The minimum absolute atomic E-state index is 0.0631. The SMILES string of the molecule is COC(=O)N[C@H](C(=O)N1C[C@@H](F)C[C@H]1C1=NC=C(c2ccc3cc4cc(-c5cnc([C@@H]6C[C@H](F)CN6C(=O)[C@@H](NC(=O)OC)C(C)C)[nH]5)ccc4cc3c2)C1)C(C)C. The number of likely N-dealkylation sites (tertiary alicyclic amines) is 2. The third-order valence-electron chi connectivity index (χ3n) is 11.4. The Morgan fingerprint density at radius 3 is 1.81 bits per heavy atom. The molecule has 0 spiro atoms. The second kappa shape index (κ2) is 16.5. The van der Waals surface area contributed by atoms with Crippen molar-refractivity contribution in [3.05, 3.63) is 72.3 Å². The highest BCUT2D eigenvalue weighted by Gasteiger charge is 2.43. The Balaban J connectivity index is 1.06. The second-order valence-electron chi connectivity index (χ2n) is 16.0. The first kappa shape index (κ1) is 40.3. The van der Waals surface area contributed by atoms with Gasteiger partial charge in [0.05, 0.1) is 51.3 Å². The van der Waals surface area contributed by atoms with Gasteiger partial charge in [0.25, 0.3) is 0 Å². The lowest BCUT2D eigenvalue weighted by atomic mass is 9.94. The summed E-state index contributed by atoms with van der Waals surface area (Å²) in [5.41, 5.74) is 4.25. The monoisotopic (exact) mass is 797 g/mol. The van der Waals surface area contributed by atoms with Crippen LogP contribution in [0.25, 0.3) is 38.4 Å². The number of amides is 4. The normalized spacial score (nSPS) is 21.7. The molecular formula is C43H49F2N7O6. The highest BCUT2D eigenvalue weighted by molar-refractivity contribution is 6.05. The van der Waals surface area contributed by atoms with Gasteiger partial charge < -0.3 is 34.9 Å². The number of alkyl carbamates (subject to hydrolysis) is 2. The number of allylic oxidation sites excluding steroid dienone is 1. The number of hydrogen-bond donors (Lipinski definition) is 3. The number of imidazole rings is 1. The molecule has 0 unspecified atom stereocenters. The van der Waals surface area contributed by atoms with Crippen LogP contribution < -0.4 is 10.6 Å². The van der Waals surface area contributed by atoms with E-state index in [4.69, 9.17) is 9.47 Å². The van der Waals surface area contributed by atoms with Crippen molar-refractivity contribution in [2.75, 3.05) is 27.3 Å². The average molecular weight is 798 g/mol. The number of nitrogens with zero attached hydrogens (tertiary/aromatic N) is 4. The number of halogens is 2. The van der Waals surface area contributed by atoms with Crippen LogP contribution in [0.2, 0.25) is 0 Å². The molecular weight excluding hydrogens is 749 g/mol. The molecule has 6 atom stereocenters. The third-order valence-corrected chi connectivity index (χ3v) is 11.4. The van der Waals surface area contributed by atoms with Crippen LogP contribution in [0.15, 0.2) is 65.9 Å². The molecule has 3 aliphatic heterocycles. The van der Waals surface area contributed by atoms with Crippen LogP contribution in [0.4, 0.5) is 18.4 Å². The van der Waals surface area contributed by atoms with Crippen LogP contribution in [0.3, 0.4) is 0 Å². The number of H-pyrrole nitrogens is 1. The number of aliphatic imine (C=N–C) groups is 1. The van der Waals surface area contributed by atoms with Crippen molar-refractivity contribution in [2.24, 2.45) is 16.8 Å². The number of alkyl halides is 2. The molecule has 4 amide bonds. The van der Waals surface area contributed by atoms with Crippen molar-refractivity contribution < 1.29 is 37.4 Å². The number of carbonyl (C=O) groups is 4. The summed E-state index contributed by atoms with van der Waals surface area (Å²) in [7, 11) is 2.46. The van der Waals surface area contributed by atoms with Crippen molar-refractivity contribution >= 4 is 56.8 Å². The van der Waals surface area contributed by atoms with E-state index in [2.05, 4.69) is 55.9 Å². The number of carbonyl (C=O) groups excluding carboxylic acids is 4. The summed E-state index contributed by atoms with van der Waals surface area (Å²) in [4.78, 5) is 66.7. The maximum Gasteiger partial charge on any atom is 0.407 e. The highest BCUT2D eigenvalue weighted by Crippen LogP contribution is 2.37. The van der Waals surface area contributed by atoms with Gasteiger partial charge in [-0.1, -0.05) is 52.0 Å². The predicted octanol–water partition coefficient (Wildman–Crippen LogP) is 6.88. The zero-order valence-corrected chi connectivity index (χ0v) is 33.4. The maximum absolute atomic E-state index is 14.9. The number of fused-ring (bicyclic) bond motifs is 2. The lowest BCUT2D eigenvalue weighted by Crippen LogP contribution is -2.53. The Morgan fingerprint density at radius 1 is 0.741 bits per heavy atom. The first-order valence-corrected chi connectivity index (χ1v) is 19.6. The molecule has 306 valence electrons. The van der Waals surface area contributed by atoms with Gasteiger partial charge in [0, 0.05) is 36.7 Å². The van der Waals surface area contributed by atoms with Crippen LogP contribution in [-0.2, 0) is 19.1 Å². The summed E-state index contributed by atoms with van der Waals surface area (Å²) in [6.45, 7) is 7.08. The third kappa shape index (κ3) is 8.12. The number of hydrogen-bond acceptors (Lipinski definition) is 8. The van der Waals surface area contributed by atoms with Crippen LogP contribution in [-0.4, -0.2) is 107 Å². The molecule has 7 rings (SSSR count). The minimum Gasteiger partial charge on any atom is -0.453 e. The Hall–Kier alpha value is -5.86. The molecule has 0 saturated carbocycles. The van der Waals surface area contributed by atoms with Gasteiger partial charge in [-0.25, -0.2) is 23.4 Å². The molecule has 4 aromatic rings. The summed E-state index contributed by atoms with van der Waals surface area (Å²) >= 11 is 0. The van der Waals surface area contributed by atoms with Gasteiger partial charge in [0.1, 0.15) is 30.3 Å². The fraction of sp³-hybridized carbons (Fsp3) is 0.442. The molecule has 15 heteroatoms. The van der Waals surface area contributed by atoms with Crippen LogP contribution in [0.5, 0.6) is 0 Å². The number of methoxy groups -OCH3 is 2. The van der Waals surface area contributed by atoms with Crippen molar-refractivity contribution in [1.82, 2.24) is 30.4 Å². The summed E-state index contributed by atoms with van der Waals surface area (Å²) in [5, 5.41) is 9.27. The first-order valence-electron chi connectivity index (χ1n) is 19.6. The summed E-state index contributed by atoms with van der Waals surface area (Å²) in [5.74, 6) is -0.763. The first-order chi connectivity index (χ1) is 27.7. The molecule has 0 bridgehead atoms. The smallest absolute Gasteiger partial charge is 0.407 e. The summed E-state index contributed by atoms with van der Waals surface area (Å²) in [6, 6.07) is 13.6. The Labute approximate surface area is 335 Å². The van der Waals surface area contributed by atoms with E-state index in [9.17, 15) is 28.0 Å². The molecule has 3 N–H and O–H groups in total. The summed E-state index contributed by atoms with van der Waals surface area (Å²) < 4.78 is 39.1. The number of aromatic amines is 1. The van der Waals surface area contributed by atoms with Crippen molar-refractivity contribution in [1.29, 1.82) is 0 Å². The van der Waals surface area contributed by atoms with Crippen LogP contribution >= 0.6 is 0 Å². The zero-order chi connectivity index (χ0) is 41.4. The molecule has 13 nitrogen and oxygen atoms in total. The van der Waals surface area contributed by atoms with E-state index in [1.54, 1.807) is 26.2 Å². The van der Waals surface area contributed by atoms with Gasteiger partial charge in [-0.3, -0.25) is 14.6 Å². The van der Waals surface area contributed by atoms with E-state index in [1.165, 1.54) is 24.0 Å². The highest BCUT2D eigenvalue weighted by atomic mass is 19.1. The van der Waals surface area contributed by atoms with Gasteiger partial charge in [0.2, 0.25) is 11.8 Å². The molecule has 2 saturated heterocycles. The number of rotatable bonds is 10. The van der Waals surface area contributed by atoms with E-state index in [1.807, 2.05) is 32.0 Å². The van der Waals surface area contributed by atoms with Gasteiger partial charge in [0.15, 0.2) is 0 Å². The quantitative estimate of drug-likeness (QED) is 0.148. The standard InChI is InChI=1S/C43H49F2N7O6/c1-22(2)37(49-42(55)57-5)40(53)51-20-31(44)16-35(51)33-15-30(18-46-33)26-8-7-24-12-29-14-27(10-9-25(29)11-28(24)13-26)34-19-47-39(48-34)36-17-32(45)21-52(36)41(54)38(23(3)4)50-43(56)58-6/h7-14,18-19,22-23,31-32,35-38H,15-17,20-21H2,1-6H3,(H,47,48)(H,49,55)(H,50,56)/t31-,32-,35-,36-,37-,38-/m0/s1. The molecule has 1 aromatic heterocycles. The Morgan fingerprint density at radius 2 is 1.26 bits per heavy atom. The Kier molecular flexibility index (Phi) is 11.5. The second-order valence-corrected chi connectivity index (χ2v) is 16.0. The van der Waals surface area contributed by atoms with E-state index in [-0.39, 0.29) is 43.7 Å². The average Bonchev–Trinajstić information content (AvgIpc) is 4.03. The van der Waals surface area contributed by atoms with Gasteiger partial charge in [-0.2, -0.15) is 0 Å². The van der Waals surface area contributed by atoms with E-state index in [0.717, 1.165) is 43.9 Å². The van der Waals surface area contributed by atoms with Crippen LogP contribution in [0, 0.1) is 11.8 Å². The molecule has 0 aliphatic carbocycles. The molecule has 2 fully saturated rings. The Bertz CT molecular complexity index is 2310. The molecule has 58 heavy (non-hydrogen) atoms.